The smallest absolute Gasteiger partial charge is 0.267 e. The SMILES string of the molecule is Cc1nnsc1C(=O)N(CCO)C1CCCCC1. The van der Waals surface area contributed by atoms with E-state index in [1.807, 2.05) is 0 Å². The maximum absolute atomic E-state index is 12.5. The highest BCUT2D eigenvalue weighted by Crippen LogP contribution is 2.25. The molecule has 1 aliphatic rings. The van der Waals surface area contributed by atoms with Crippen molar-refractivity contribution in [2.75, 3.05) is 13.2 Å². The Kier molecular flexibility index (Phi) is 4.66. The van der Waals surface area contributed by atoms with Crippen molar-refractivity contribution in [2.45, 2.75) is 45.1 Å². The lowest BCUT2D eigenvalue weighted by molar-refractivity contribution is 0.0589. The van der Waals surface area contributed by atoms with Gasteiger partial charge in [0, 0.05) is 12.6 Å². The van der Waals surface area contributed by atoms with E-state index in [4.69, 9.17) is 5.11 Å². The van der Waals surface area contributed by atoms with Gasteiger partial charge in [0.1, 0.15) is 4.88 Å². The second kappa shape index (κ2) is 6.24. The van der Waals surface area contributed by atoms with Crippen LogP contribution in [0.25, 0.3) is 0 Å². The van der Waals surface area contributed by atoms with Gasteiger partial charge in [-0.1, -0.05) is 23.8 Å². The first-order valence-electron chi connectivity index (χ1n) is 6.45. The van der Waals surface area contributed by atoms with Gasteiger partial charge < -0.3 is 10.0 Å². The topological polar surface area (TPSA) is 66.3 Å². The molecule has 1 aromatic heterocycles. The molecule has 0 aromatic carbocycles. The minimum absolute atomic E-state index is 0.00746. The fraction of sp³-hybridized carbons (Fsp3) is 0.750. The van der Waals surface area contributed by atoms with Gasteiger partial charge in [-0.15, -0.1) is 5.10 Å². The third-order valence-electron chi connectivity index (χ3n) is 3.46. The molecule has 0 spiro atoms. The average Bonchev–Trinajstić information content (AvgIpc) is 2.82. The largest absolute Gasteiger partial charge is 0.395 e. The summed E-state index contributed by atoms with van der Waals surface area (Å²) < 4.78 is 3.81. The van der Waals surface area contributed by atoms with Crippen LogP contribution in [0, 0.1) is 6.92 Å². The lowest BCUT2D eigenvalue weighted by atomic mass is 9.94. The third-order valence-corrected chi connectivity index (χ3v) is 4.28. The van der Waals surface area contributed by atoms with Crippen molar-refractivity contribution >= 4 is 17.4 Å². The Bertz CT molecular complexity index is 402. The highest BCUT2D eigenvalue weighted by Gasteiger charge is 2.28. The first kappa shape index (κ1) is 13.4. The van der Waals surface area contributed by atoms with Crippen LogP contribution >= 0.6 is 11.5 Å². The molecule has 2 rings (SSSR count). The van der Waals surface area contributed by atoms with Gasteiger partial charge in [0.25, 0.3) is 5.91 Å². The molecule has 0 atom stereocenters. The summed E-state index contributed by atoms with van der Waals surface area (Å²) in [6.45, 7) is 2.21. The van der Waals surface area contributed by atoms with Crippen LogP contribution in [0.5, 0.6) is 0 Å². The molecule has 1 heterocycles. The summed E-state index contributed by atoms with van der Waals surface area (Å²) in [5.74, 6) is -0.0246. The summed E-state index contributed by atoms with van der Waals surface area (Å²) in [5.41, 5.74) is 0.684. The molecule has 100 valence electrons. The van der Waals surface area contributed by atoms with Gasteiger partial charge >= 0.3 is 0 Å². The van der Waals surface area contributed by atoms with Gasteiger partial charge in [0.2, 0.25) is 0 Å². The van der Waals surface area contributed by atoms with E-state index in [0.29, 0.717) is 17.1 Å². The Morgan fingerprint density at radius 3 is 2.72 bits per heavy atom. The van der Waals surface area contributed by atoms with Gasteiger partial charge in [-0.3, -0.25) is 4.79 Å². The lowest BCUT2D eigenvalue weighted by Crippen LogP contribution is -2.43. The molecular weight excluding hydrogens is 250 g/mol. The monoisotopic (exact) mass is 269 g/mol. The van der Waals surface area contributed by atoms with Crippen molar-refractivity contribution in [3.63, 3.8) is 0 Å². The Morgan fingerprint density at radius 1 is 1.44 bits per heavy atom. The fourth-order valence-corrected chi connectivity index (χ4v) is 3.12. The number of aromatic nitrogens is 2. The van der Waals surface area contributed by atoms with E-state index in [2.05, 4.69) is 9.59 Å². The number of carbonyl (C=O) groups excluding carboxylic acids is 1. The van der Waals surface area contributed by atoms with E-state index in [0.717, 1.165) is 24.4 Å². The maximum Gasteiger partial charge on any atom is 0.267 e. The standard InChI is InChI=1S/C12H19N3O2S/c1-9-11(18-14-13-9)12(17)15(7-8-16)10-5-3-2-4-6-10/h10,16H,2-8H2,1H3. The van der Waals surface area contributed by atoms with Crippen LogP contribution in [0.4, 0.5) is 0 Å². The van der Waals surface area contributed by atoms with E-state index < -0.39 is 0 Å². The van der Waals surface area contributed by atoms with Crippen molar-refractivity contribution in [3.8, 4) is 0 Å². The second-order valence-corrected chi connectivity index (χ2v) is 5.46. The molecule has 1 fully saturated rings. The molecule has 1 saturated carbocycles. The molecule has 0 unspecified atom stereocenters. The number of hydrogen-bond donors (Lipinski definition) is 1. The third kappa shape index (κ3) is 2.87. The van der Waals surface area contributed by atoms with E-state index >= 15 is 0 Å². The minimum Gasteiger partial charge on any atom is -0.395 e. The average molecular weight is 269 g/mol. The van der Waals surface area contributed by atoms with Crippen molar-refractivity contribution in [1.29, 1.82) is 0 Å². The lowest BCUT2D eigenvalue weighted by Gasteiger charge is -2.33. The molecule has 0 saturated heterocycles. The van der Waals surface area contributed by atoms with E-state index in [1.54, 1.807) is 11.8 Å². The zero-order valence-corrected chi connectivity index (χ0v) is 11.4. The Morgan fingerprint density at radius 2 is 2.17 bits per heavy atom. The van der Waals surface area contributed by atoms with Crippen LogP contribution in [0.3, 0.4) is 0 Å². The molecule has 1 N–H and O–H groups in total. The predicted octanol–water partition coefficient (Wildman–Crippen LogP) is 1.61. The molecule has 6 heteroatoms. The number of hydrogen-bond acceptors (Lipinski definition) is 5. The van der Waals surface area contributed by atoms with E-state index in [-0.39, 0.29) is 18.6 Å². The molecule has 0 radical (unpaired) electrons. The van der Waals surface area contributed by atoms with Gasteiger partial charge in [0.15, 0.2) is 0 Å². The minimum atomic E-state index is -0.0246. The van der Waals surface area contributed by atoms with Gasteiger partial charge in [-0.25, -0.2) is 0 Å². The van der Waals surface area contributed by atoms with Crippen LogP contribution in [-0.4, -0.2) is 44.7 Å². The Balaban J connectivity index is 2.13. The van der Waals surface area contributed by atoms with Crippen LogP contribution in [0.1, 0.15) is 47.5 Å². The molecule has 0 aliphatic heterocycles. The van der Waals surface area contributed by atoms with Crippen LogP contribution in [0.15, 0.2) is 0 Å². The highest BCUT2D eigenvalue weighted by molar-refractivity contribution is 7.07. The number of amides is 1. The van der Waals surface area contributed by atoms with Gasteiger partial charge in [-0.05, 0) is 31.3 Å². The molecule has 0 bridgehead atoms. The number of carbonyl (C=O) groups is 1. The van der Waals surface area contributed by atoms with Crippen molar-refractivity contribution < 1.29 is 9.90 Å². The Labute approximate surface area is 111 Å². The molecular formula is C12H19N3O2S. The van der Waals surface area contributed by atoms with E-state index in [1.165, 1.54) is 19.3 Å². The number of nitrogens with zero attached hydrogens (tertiary/aromatic N) is 3. The summed E-state index contributed by atoms with van der Waals surface area (Å²) >= 11 is 1.14. The van der Waals surface area contributed by atoms with Crippen molar-refractivity contribution in [3.05, 3.63) is 10.6 Å². The molecule has 1 aliphatic carbocycles. The highest BCUT2D eigenvalue weighted by atomic mass is 32.1. The summed E-state index contributed by atoms with van der Waals surface area (Å²) in [6, 6.07) is 0.264. The van der Waals surface area contributed by atoms with Gasteiger partial charge in [0.05, 0.1) is 12.3 Å². The van der Waals surface area contributed by atoms with Crippen molar-refractivity contribution in [2.24, 2.45) is 0 Å². The number of aliphatic hydroxyl groups excluding tert-OH is 1. The van der Waals surface area contributed by atoms with Crippen LogP contribution < -0.4 is 0 Å². The maximum atomic E-state index is 12.5. The normalized spacial score (nSPS) is 16.8. The molecule has 5 nitrogen and oxygen atoms in total. The summed E-state index contributed by atoms with van der Waals surface area (Å²) in [7, 11) is 0. The zero-order chi connectivity index (χ0) is 13.0. The first-order valence-corrected chi connectivity index (χ1v) is 7.22. The molecule has 1 amide bonds. The number of aryl methyl sites for hydroxylation is 1. The summed E-state index contributed by atoms with van der Waals surface area (Å²) in [5, 5.41) is 13.0. The number of rotatable bonds is 4. The molecule has 18 heavy (non-hydrogen) atoms. The zero-order valence-electron chi connectivity index (χ0n) is 10.6. The second-order valence-electron chi connectivity index (χ2n) is 4.70. The quantitative estimate of drug-likeness (QED) is 0.902. The fourth-order valence-electron chi connectivity index (χ4n) is 2.51. The molecule has 1 aromatic rings. The Hall–Kier alpha value is -1.01. The summed E-state index contributed by atoms with van der Waals surface area (Å²) in [6.07, 6.45) is 5.66. The van der Waals surface area contributed by atoms with Crippen LogP contribution in [0.2, 0.25) is 0 Å². The van der Waals surface area contributed by atoms with E-state index in [9.17, 15) is 4.79 Å². The first-order chi connectivity index (χ1) is 8.74. The van der Waals surface area contributed by atoms with Crippen LogP contribution in [-0.2, 0) is 0 Å². The predicted molar refractivity (Wildman–Crippen MR) is 69.6 cm³/mol. The number of aliphatic hydroxyl groups is 1. The van der Waals surface area contributed by atoms with Crippen molar-refractivity contribution in [1.82, 2.24) is 14.5 Å². The van der Waals surface area contributed by atoms with Gasteiger partial charge in [-0.2, -0.15) is 0 Å². The summed E-state index contributed by atoms with van der Waals surface area (Å²) in [4.78, 5) is 14.9.